The second kappa shape index (κ2) is 10.1. The Morgan fingerprint density at radius 1 is 0.806 bits per heavy atom. The summed E-state index contributed by atoms with van der Waals surface area (Å²) in [5, 5.41) is 7.59. The molecule has 1 aromatic heterocycles. The van der Waals surface area contributed by atoms with Crippen LogP contribution in [0.5, 0.6) is 0 Å². The van der Waals surface area contributed by atoms with E-state index in [2.05, 4.69) is 15.4 Å². The van der Waals surface area contributed by atoms with Gasteiger partial charge in [0.1, 0.15) is 0 Å². The van der Waals surface area contributed by atoms with Crippen LogP contribution in [0.4, 0.5) is 16.2 Å². The molecule has 4 aromatic rings. The zero-order valence-electron chi connectivity index (χ0n) is 16.6. The molecule has 3 N–H and O–H groups in total. The molecule has 0 bridgehead atoms. The van der Waals surface area contributed by atoms with Crippen molar-refractivity contribution in [1.29, 1.82) is 0 Å². The molecule has 156 valence electrons. The lowest BCUT2D eigenvalue weighted by atomic mass is 10.1. The minimum absolute atomic E-state index is 0.269. The molecule has 4 rings (SSSR count). The fourth-order valence-electron chi connectivity index (χ4n) is 3.02. The fourth-order valence-corrected chi connectivity index (χ4v) is 4.72. The van der Waals surface area contributed by atoms with Crippen LogP contribution >= 0.6 is 11.3 Å². The van der Waals surface area contributed by atoms with Crippen LogP contribution in [0.25, 0.3) is 11.1 Å². The Balaban J connectivity index is 1.38. The van der Waals surface area contributed by atoms with E-state index in [4.69, 9.17) is 0 Å². The van der Waals surface area contributed by atoms with Crippen molar-refractivity contribution in [2.75, 3.05) is 10.0 Å². The van der Waals surface area contributed by atoms with Crippen LogP contribution in [-0.4, -0.2) is 10.2 Å². The average molecular weight is 448 g/mol. The summed E-state index contributed by atoms with van der Waals surface area (Å²) in [6, 6.07) is 28.3. The lowest BCUT2D eigenvalue weighted by Gasteiger charge is -2.12. The normalized spacial score (nSPS) is 11.5. The first-order chi connectivity index (χ1) is 15.2. The smallest absolute Gasteiger partial charge is 0.319 e. The van der Waals surface area contributed by atoms with Crippen molar-refractivity contribution in [2.45, 2.75) is 11.4 Å². The third kappa shape index (κ3) is 5.59. The maximum Gasteiger partial charge on any atom is 0.319 e. The van der Waals surface area contributed by atoms with Crippen LogP contribution in [0.15, 0.2) is 101 Å². The number of rotatable bonds is 7. The fraction of sp³-hybridized carbons (Fsp3) is 0.0417. The summed E-state index contributed by atoms with van der Waals surface area (Å²) < 4.78 is 16.0. The predicted molar refractivity (Wildman–Crippen MR) is 129 cm³/mol. The third-order valence-corrected chi connectivity index (χ3v) is 6.58. The van der Waals surface area contributed by atoms with Crippen LogP contribution in [-0.2, 0) is 17.5 Å². The minimum Gasteiger partial charge on any atom is -0.333 e. The minimum atomic E-state index is -1.43. The van der Waals surface area contributed by atoms with E-state index in [9.17, 15) is 9.00 Å². The van der Waals surface area contributed by atoms with Gasteiger partial charge in [-0.2, -0.15) is 0 Å². The van der Waals surface area contributed by atoms with Crippen LogP contribution < -0.4 is 15.4 Å². The number of thiophene rings is 1. The van der Waals surface area contributed by atoms with Gasteiger partial charge in [0, 0.05) is 16.3 Å². The van der Waals surface area contributed by atoms with E-state index in [1.54, 1.807) is 35.6 Å². The Morgan fingerprint density at radius 2 is 1.52 bits per heavy atom. The highest BCUT2D eigenvalue weighted by Gasteiger charge is 2.11. The summed E-state index contributed by atoms with van der Waals surface area (Å²) in [6.07, 6.45) is 0. The van der Waals surface area contributed by atoms with E-state index in [-0.39, 0.29) is 6.03 Å². The molecule has 0 aliphatic rings. The van der Waals surface area contributed by atoms with Gasteiger partial charge in [-0.1, -0.05) is 54.6 Å². The van der Waals surface area contributed by atoms with Gasteiger partial charge in [0.15, 0.2) is 11.0 Å². The maximum atomic E-state index is 13.0. The molecule has 1 atom stereocenters. The highest BCUT2D eigenvalue weighted by molar-refractivity contribution is 7.86. The number of amides is 2. The topological polar surface area (TPSA) is 70.2 Å². The first-order valence-corrected chi connectivity index (χ1v) is 11.7. The zero-order valence-corrected chi connectivity index (χ0v) is 18.2. The van der Waals surface area contributed by atoms with Gasteiger partial charge in [-0.3, -0.25) is 0 Å². The molecular weight excluding hydrogens is 426 g/mol. The molecule has 3 aromatic carbocycles. The molecule has 7 heteroatoms. The highest BCUT2D eigenvalue weighted by Crippen LogP contribution is 2.27. The summed E-state index contributed by atoms with van der Waals surface area (Å²) >= 11 is 1.60. The number of carbonyl (C=O) groups excluding carboxylic acids is 1. The Morgan fingerprint density at radius 3 is 2.26 bits per heavy atom. The molecule has 5 nitrogen and oxygen atoms in total. The van der Waals surface area contributed by atoms with Gasteiger partial charge in [0.2, 0.25) is 0 Å². The molecule has 31 heavy (non-hydrogen) atoms. The lowest BCUT2D eigenvalue weighted by molar-refractivity contribution is 0.252. The molecule has 0 aliphatic heterocycles. The zero-order chi connectivity index (χ0) is 21.5. The Kier molecular flexibility index (Phi) is 6.76. The molecule has 0 saturated carbocycles. The number of urea groups is 1. The first-order valence-electron chi connectivity index (χ1n) is 9.69. The van der Waals surface area contributed by atoms with Crippen LogP contribution in [0.3, 0.4) is 0 Å². The summed E-state index contributed by atoms with van der Waals surface area (Å²) in [4.78, 5) is 13.8. The summed E-state index contributed by atoms with van der Waals surface area (Å²) in [7, 11) is -1.43. The molecule has 0 aliphatic carbocycles. The number of anilines is 2. The second-order valence-electron chi connectivity index (χ2n) is 6.70. The van der Waals surface area contributed by atoms with Gasteiger partial charge in [0.05, 0.1) is 11.4 Å². The second-order valence-corrected chi connectivity index (χ2v) is 8.91. The van der Waals surface area contributed by atoms with E-state index < -0.39 is 11.0 Å². The molecular formula is C24H21N3O2S2. The van der Waals surface area contributed by atoms with Gasteiger partial charge in [-0.15, -0.1) is 11.3 Å². The van der Waals surface area contributed by atoms with Crippen molar-refractivity contribution < 1.29 is 9.00 Å². The van der Waals surface area contributed by atoms with Gasteiger partial charge < -0.3 is 15.4 Å². The Bertz CT molecular complexity index is 1160. The summed E-state index contributed by atoms with van der Waals surface area (Å²) in [5.41, 5.74) is 3.30. The molecule has 0 spiro atoms. The van der Waals surface area contributed by atoms with Crippen molar-refractivity contribution in [2.24, 2.45) is 0 Å². The standard InChI is InChI=1S/C24H21N3O2S2/c28-24(25-17-21-9-6-16-30-21)26-19-12-14-20(15-13-19)27-31(29)23-11-5-4-10-22(23)18-7-2-1-3-8-18/h1-16,27H,17H2,(H2,25,26,28). The predicted octanol–water partition coefficient (Wildman–Crippen LogP) is 5.87. The SMILES string of the molecule is O=C(NCc1cccs1)Nc1ccc(NS(=O)c2ccccc2-c2ccccc2)cc1. The van der Waals surface area contributed by atoms with E-state index >= 15 is 0 Å². The maximum absolute atomic E-state index is 13.0. The number of hydrogen-bond donors (Lipinski definition) is 3. The molecule has 2 amide bonds. The van der Waals surface area contributed by atoms with Gasteiger partial charge in [-0.05, 0) is 52.9 Å². The first kappa shape index (κ1) is 20.8. The number of benzene rings is 3. The Hall–Kier alpha value is -3.42. The molecule has 0 radical (unpaired) electrons. The van der Waals surface area contributed by atoms with E-state index in [1.807, 2.05) is 72.1 Å². The quantitative estimate of drug-likeness (QED) is 0.331. The van der Waals surface area contributed by atoms with E-state index in [0.717, 1.165) is 16.0 Å². The van der Waals surface area contributed by atoms with Crippen molar-refractivity contribution in [3.8, 4) is 11.1 Å². The van der Waals surface area contributed by atoms with Gasteiger partial charge >= 0.3 is 6.03 Å². The van der Waals surface area contributed by atoms with Crippen molar-refractivity contribution in [3.63, 3.8) is 0 Å². The van der Waals surface area contributed by atoms with Crippen molar-refractivity contribution in [1.82, 2.24) is 5.32 Å². The summed E-state index contributed by atoms with van der Waals surface area (Å²) in [6.45, 7) is 0.489. The number of carbonyl (C=O) groups is 1. The Labute approximate surface area is 187 Å². The van der Waals surface area contributed by atoms with Crippen LogP contribution in [0, 0.1) is 0 Å². The number of nitrogens with one attached hydrogen (secondary N) is 3. The molecule has 1 heterocycles. The molecule has 0 fully saturated rings. The third-order valence-electron chi connectivity index (χ3n) is 4.53. The average Bonchev–Trinajstić information content (AvgIpc) is 3.33. The van der Waals surface area contributed by atoms with E-state index in [1.165, 1.54) is 0 Å². The monoisotopic (exact) mass is 447 g/mol. The van der Waals surface area contributed by atoms with Crippen molar-refractivity contribution >= 4 is 39.7 Å². The number of hydrogen-bond acceptors (Lipinski definition) is 3. The summed E-state index contributed by atoms with van der Waals surface area (Å²) in [5.74, 6) is 0. The van der Waals surface area contributed by atoms with Crippen molar-refractivity contribution in [3.05, 3.63) is 101 Å². The lowest BCUT2D eigenvalue weighted by Crippen LogP contribution is -2.27. The van der Waals surface area contributed by atoms with Gasteiger partial charge in [0.25, 0.3) is 0 Å². The molecule has 1 unspecified atom stereocenters. The van der Waals surface area contributed by atoms with Gasteiger partial charge in [-0.25, -0.2) is 9.00 Å². The highest BCUT2D eigenvalue weighted by atomic mass is 32.2. The largest absolute Gasteiger partial charge is 0.333 e. The molecule has 0 saturated heterocycles. The van der Waals surface area contributed by atoms with E-state index in [0.29, 0.717) is 22.8 Å². The van der Waals surface area contributed by atoms with Crippen LogP contribution in [0.1, 0.15) is 4.88 Å². The van der Waals surface area contributed by atoms with Crippen LogP contribution in [0.2, 0.25) is 0 Å².